The molecule has 0 aromatic rings. The van der Waals surface area contributed by atoms with Gasteiger partial charge in [-0.15, -0.1) is 0 Å². The Kier molecular flexibility index (Phi) is 6.29. The minimum absolute atomic E-state index is 0.0527. The van der Waals surface area contributed by atoms with Gasteiger partial charge in [-0.3, -0.25) is 4.79 Å². The Bertz CT molecular complexity index is 186. The fraction of sp³-hybridized carbons (Fsp3) is 0.500. The van der Waals surface area contributed by atoms with E-state index in [1.807, 2.05) is 13.8 Å². The van der Waals surface area contributed by atoms with Gasteiger partial charge in [0.2, 0.25) is 0 Å². The molecular weight excluding hydrogens is 152 g/mol. The van der Waals surface area contributed by atoms with Crippen molar-refractivity contribution in [3.8, 4) is 0 Å². The topological polar surface area (TPSA) is 37.3 Å². The SMILES string of the molecule is CC(C)=CCC/C(C=O)=C/CO. The number of hydrogen-bond acceptors (Lipinski definition) is 2. The Morgan fingerprint density at radius 3 is 2.42 bits per heavy atom. The molecule has 0 rings (SSSR count). The highest BCUT2D eigenvalue weighted by Crippen LogP contribution is 2.04. The number of aliphatic hydroxyl groups excluding tert-OH is 1. The minimum atomic E-state index is -0.0527. The normalized spacial score (nSPS) is 11.1. The Hall–Kier alpha value is -0.890. The van der Waals surface area contributed by atoms with Crippen LogP contribution in [0.5, 0.6) is 0 Å². The van der Waals surface area contributed by atoms with E-state index in [1.165, 1.54) is 5.57 Å². The number of aldehydes is 1. The molecule has 0 saturated carbocycles. The maximum atomic E-state index is 10.4. The monoisotopic (exact) mass is 168 g/mol. The third-order valence-corrected chi connectivity index (χ3v) is 1.49. The zero-order chi connectivity index (χ0) is 9.40. The summed E-state index contributed by atoms with van der Waals surface area (Å²) in [5.41, 5.74) is 1.93. The van der Waals surface area contributed by atoms with Crippen molar-refractivity contribution in [2.75, 3.05) is 6.61 Å². The first-order chi connectivity index (χ1) is 5.70. The highest BCUT2D eigenvalue weighted by Gasteiger charge is 1.92. The maximum Gasteiger partial charge on any atom is 0.145 e. The molecule has 0 fully saturated rings. The smallest absolute Gasteiger partial charge is 0.145 e. The fourth-order valence-electron chi connectivity index (χ4n) is 0.854. The lowest BCUT2D eigenvalue weighted by molar-refractivity contribution is -0.105. The highest BCUT2D eigenvalue weighted by molar-refractivity contribution is 5.73. The van der Waals surface area contributed by atoms with Gasteiger partial charge in [-0.25, -0.2) is 0 Å². The Labute approximate surface area is 73.6 Å². The van der Waals surface area contributed by atoms with E-state index >= 15 is 0 Å². The van der Waals surface area contributed by atoms with Crippen molar-refractivity contribution in [2.24, 2.45) is 0 Å². The van der Waals surface area contributed by atoms with E-state index in [2.05, 4.69) is 6.08 Å². The molecule has 1 N–H and O–H groups in total. The fourth-order valence-corrected chi connectivity index (χ4v) is 0.854. The standard InChI is InChI=1S/C10H16O2/c1-9(2)4-3-5-10(8-12)6-7-11/h4,6,8,11H,3,5,7H2,1-2H3/b10-6-. The molecule has 0 aliphatic carbocycles. The van der Waals surface area contributed by atoms with Crippen molar-refractivity contribution < 1.29 is 9.90 Å². The first-order valence-electron chi connectivity index (χ1n) is 4.09. The van der Waals surface area contributed by atoms with Crippen molar-refractivity contribution in [1.82, 2.24) is 0 Å². The first-order valence-corrected chi connectivity index (χ1v) is 4.09. The number of aliphatic hydroxyl groups is 1. The van der Waals surface area contributed by atoms with E-state index in [0.717, 1.165) is 19.1 Å². The van der Waals surface area contributed by atoms with Gasteiger partial charge in [0.1, 0.15) is 6.29 Å². The molecule has 0 radical (unpaired) electrons. The molecule has 12 heavy (non-hydrogen) atoms. The Morgan fingerprint density at radius 1 is 1.33 bits per heavy atom. The van der Waals surface area contributed by atoms with Crippen molar-refractivity contribution in [3.05, 3.63) is 23.3 Å². The maximum absolute atomic E-state index is 10.4. The van der Waals surface area contributed by atoms with Crippen molar-refractivity contribution in [3.63, 3.8) is 0 Å². The van der Waals surface area contributed by atoms with Crippen LogP contribution in [0.4, 0.5) is 0 Å². The molecule has 0 heterocycles. The van der Waals surface area contributed by atoms with Crippen LogP contribution < -0.4 is 0 Å². The molecule has 68 valence electrons. The minimum Gasteiger partial charge on any atom is -0.392 e. The molecule has 0 spiro atoms. The lowest BCUT2D eigenvalue weighted by atomic mass is 10.1. The quantitative estimate of drug-likeness (QED) is 0.386. The van der Waals surface area contributed by atoms with Crippen LogP contribution >= 0.6 is 0 Å². The molecule has 0 aromatic heterocycles. The van der Waals surface area contributed by atoms with Gasteiger partial charge in [-0.2, -0.15) is 0 Å². The molecule has 0 aliphatic rings. The van der Waals surface area contributed by atoms with Crippen LogP contribution in [0.25, 0.3) is 0 Å². The van der Waals surface area contributed by atoms with Crippen LogP contribution in [0.1, 0.15) is 26.7 Å². The molecule has 0 atom stereocenters. The summed E-state index contributed by atoms with van der Waals surface area (Å²) in [5, 5.41) is 8.53. The lowest BCUT2D eigenvalue weighted by Crippen LogP contribution is -1.87. The summed E-state index contributed by atoms with van der Waals surface area (Å²) in [4.78, 5) is 10.4. The molecule has 0 bridgehead atoms. The molecule has 0 aliphatic heterocycles. The molecule has 0 aromatic carbocycles. The number of allylic oxidation sites excluding steroid dienone is 3. The van der Waals surface area contributed by atoms with Crippen LogP contribution in [-0.4, -0.2) is 18.0 Å². The van der Waals surface area contributed by atoms with Crippen LogP contribution in [0.15, 0.2) is 23.3 Å². The van der Waals surface area contributed by atoms with Gasteiger partial charge in [-0.05, 0) is 32.3 Å². The molecule has 0 amide bonds. The Balaban J connectivity index is 3.81. The third kappa shape index (κ3) is 5.86. The summed E-state index contributed by atoms with van der Waals surface area (Å²) in [6.07, 6.45) is 6.01. The van der Waals surface area contributed by atoms with E-state index in [4.69, 9.17) is 5.11 Å². The van der Waals surface area contributed by atoms with Crippen molar-refractivity contribution >= 4 is 6.29 Å². The van der Waals surface area contributed by atoms with Gasteiger partial charge in [-0.1, -0.05) is 17.7 Å². The summed E-state index contributed by atoms with van der Waals surface area (Å²) < 4.78 is 0. The summed E-state index contributed by atoms with van der Waals surface area (Å²) in [5.74, 6) is 0. The molecule has 2 heteroatoms. The highest BCUT2D eigenvalue weighted by atomic mass is 16.2. The van der Waals surface area contributed by atoms with Crippen LogP contribution in [0.3, 0.4) is 0 Å². The average molecular weight is 168 g/mol. The average Bonchev–Trinajstić information content (AvgIpc) is 2.02. The molecule has 0 unspecified atom stereocenters. The van der Waals surface area contributed by atoms with Crippen LogP contribution in [0.2, 0.25) is 0 Å². The molecule has 0 saturated heterocycles. The van der Waals surface area contributed by atoms with E-state index in [1.54, 1.807) is 6.08 Å². The van der Waals surface area contributed by atoms with Crippen molar-refractivity contribution in [2.45, 2.75) is 26.7 Å². The zero-order valence-electron chi connectivity index (χ0n) is 7.71. The second-order valence-corrected chi connectivity index (χ2v) is 2.90. The van der Waals surface area contributed by atoms with E-state index in [0.29, 0.717) is 5.57 Å². The largest absolute Gasteiger partial charge is 0.392 e. The summed E-state index contributed by atoms with van der Waals surface area (Å²) >= 11 is 0. The van der Waals surface area contributed by atoms with E-state index in [9.17, 15) is 4.79 Å². The predicted molar refractivity (Wildman–Crippen MR) is 49.9 cm³/mol. The number of carbonyl (C=O) groups is 1. The predicted octanol–water partition coefficient (Wildman–Crippen LogP) is 1.85. The number of carbonyl (C=O) groups excluding carboxylic acids is 1. The van der Waals surface area contributed by atoms with E-state index in [-0.39, 0.29) is 6.61 Å². The lowest BCUT2D eigenvalue weighted by Gasteiger charge is -1.95. The second kappa shape index (κ2) is 6.80. The summed E-state index contributed by atoms with van der Waals surface area (Å²) in [7, 11) is 0. The van der Waals surface area contributed by atoms with Gasteiger partial charge < -0.3 is 5.11 Å². The number of rotatable bonds is 5. The third-order valence-electron chi connectivity index (χ3n) is 1.49. The zero-order valence-corrected chi connectivity index (χ0v) is 7.71. The summed E-state index contributed by atoms with van der Waals surface area (Å²) in [6.45, 7) is 4.00. The molecular formula is C10H16O2. The van der Waals surface area contributed by atoms with Gasteiger partial charge >= 0.3 is 0 Å². The number of hydrogen-bond donors (Lipinski definition) is 1. The van der Waals surface area contributed by atoms with Crippen LogP contribution in [0, 0.1) is 0 Å². The van der Waals surface area contributed by atoms with Crippen LogP contribution in [-0.2, 0) is 4.79 Å². The summed E-state index contributed by atoms with van der Waals surface area (Å²) in [6, 6.07) is 0. The Morgan fingerprint density at radius 2 is 2.00 bits per heavy atom. The van der Waals surface area contributed by atoms with Gasteiger partial charge in [0, 0.05) is 0 Å². The first kappa shape index (κ1) is 11.1. The van der Waals surface area contributed by atoms with E-state index < -0.39 is 0 Å². The van der Waals surface area contributed by atoms with Gasteiger partial charge in [0.15, 0.2) is 0 Å². The van der Waals surface area contributed by atoms with Gasteiger partial charge in [0.05, 0.1) is 6.61 Å². The van der Waals surface area contributed by atoms with Crippen molar-refractivity contribution in [1.29, 1.82) is 0 Å². The second-order valence-electron chi connectivity index (χ2n) is 2.90. The van der Waals surface area contributed by atoms with Gasteiger partial charge in [0.25, 0.3) is 0 Å². The molecule has 2 nitrogen and oxygen atoms in total.